The van der Waals surface area contributed by atoms with Crippen molar-refractivity contribution in [1.82, 2.24) is 9.80 Å². The third-order valence-electron chi connectivity index (χ3n) is 3.15. The average Bonchev–Trinajstić information content (AvgIpc) is 2.87. The fraction of sp³-hybridized carbons (Fsp3) is 0.750. The molecule has 0 spiro atoms. The SMILES string of the molecule is CCC1SCC(C(=O)O)N1C(=O)N(CC)CC(=O)OC. The van der Waals surface area contributed by atoms with Crippen molar-refractivity contribution in [2.75, 3.05) is 26.0 Å². The smallest absolute Gasteiger partial charge is 0.327 e. The topological polar surface area (TPSA) is 87.2 Å². The van der Waals surface area contributed by atoms with Crippen LogP contribution in [0.15, 0.2) is 0 Å². The number of amides is 2. The molecule has 1 aliphatic rings. The highest BCUT2D eigenvalue weighted by atomic mass is 32.2. The minimum Gasteiger partial charge on any atom is -0.480 e. The van der Waals surface area contributed by atoms with Crippen molar-refractivity contribution < 1.29 is 24.2 Å². The van der Waals surface area contributed by atoms with Gasteiger partial charge in [-0.05, 0) is 13.3 Å². The molecular formula is C12H20N2O5S. The molecule has 7 nitrogen and oxygen atoms in total. The quantitative estimate of drug-likeness (QED) is 0.757. The number of carboxylic acids is 1. The summed E-state index contributed by atoms with van der Waals surface area (Å²) in [4.78, 5) is 37.7. The summed E-state index contributed by atoms with van der Waals surface area (Å²) in [5.41, 5.74) is 0. The summed E-state index contributed by atoms with van der Waals surface area (Å²) in [6.45, 7) is 3.78. The molecule has 0 aromatic rings. The fourth-order valence-corrected chi connectivity index (χ4v) is 3.36. The minimum absolute atomic E-state index is 0.171. The summed E-state index contributed by atoms with van der Waals surface area (Å²) >= 11 is 1.45. The Morgan fingerprint density at radius 2 is 2.05 bits per heavy atom. The molecule has 2 unspecified atom stereocenters. The zero-order valence-corrected chi connectivity index (χ0v) is 12.7. The Morgan fingerprint density at radius 3 is 2.50 bits per heavy atom. The van der Waals surface area contributed by atoms with Gasteiger partial charge in [-0.15, -0.1) is 11.8 Å². The molecule has 1 saturated heterocycles. The third kappa shape index (κ3) is 3.56. The van der Waals surface area contributed by atoms with Gasteiger partial charge in [0.1, 0.15) is 12.6 Å². The van der Waals surface area contributed by atoms with Crippen molar-refractivity contribution in [2.45, 2.75) is 31.7 Å². The number of esters is 1. The Morgan fingerprint density at radius 1 is 1.40 bits per heavy atom. The maximum absolute atomic E-state index is 12.5. The first-order valence-corrected chi connectivity index (χ1v) is 7.49. The highest BCUT2D eigenvalue weighted by Crippen LogP contribution is 2.32. The lowest BCUT2D eigenvalue weighted by Crippen LogP contribution is -2.52. The fourth-order valence-electron chi connectivity index (χ4n) is 2.02. The number of ether oxygens (including phenoxy) is 1. The van der Waals surface area contributed by atoms with Gasteiger partial charge in [-0.25, -0.2) is 9.59 Å². The number of urea groups is 1. The second-order valence-electron chi connectivity index (χ2n) is 4.33. The highest BCUT2D eigenvalue weighted by molar-refractivity contribution is 8.00. The van der Waals surface area contributed by atoms with Crippen molar-refractivity contribution in [1.29, 1.82) is 0 Å². The van der Waals surface area contributed by atoms with Crippen LogP contribution in [-0.2, 0) is 14.3 Å². The molecule has 1 aliphatic heterocycles. The standard InChI is InChI=1S/C12H20N2O5S/c1-4-9-14(8(7-20-9)11(16)17)12(18)13(5-2)6-10(15)19-3/h8-9H,4-7H2,1-3H3,(H,16,17). The molecule has 2 atom stereocenters. The van der Waals surface area contributed by atoms with E-state index in [1.807, 2.05) is 6.92 Å². The van der Waals surface area contributed by atoms with Crippen molar-refractivity contribution in [3.05, 3.63) is 0 Å². The van der Waals surface area contributed by atoms with E-state index in [1.165, 1.54) is 28.7 Å². The number of thioether (sulfide) groups is 1. The molecule has 2 amide bonds. The van der Waals surface area contributed by atoms with Gasteiger partial charge in [-0.3, -0.25) is 9.69 Å². The zero-order chi connectivity index (χ0) is 15.3. The number of carbonyl (C=O) groups is 3. The zero-order valence-electron chi connectivity index (χ0n) is 11.9. The number of hydrogen-bond donors (Lipinski definition) is 1. The number of aliphatic carboxylic acids is 1. The molecule has 0 saturated carbocycles. The normalized spacial score (nSPS) is 21.6. The number of likely N-dealkylation sites (N-methyl/N-ethyl adjacent to an activating group) is 1. The maximum Gasteiger partial charge on any atom is 0.327 e. The van der Waals surface area contributed by atoms with Gasteiger partial charge in [0.25, 0.3) is 0 Å². The Kier molecular flexibility index (Phi) is 6.12. The lowest BCUT2D eigenvalue weighted by molar-refractivity contribution is -0.141. The monoisotopic (exact) mass is 304 g/mol. The van der Waals surface area contributed by atoms with Crippen molar-refractivity contribution in [3.63, 3.8) is 0 Å². The van der Waals surface area contributed by atoms with Crippen LogP contribution in [0.25, 0.3) is 0 Å². The molecule has 0 radical (unpaired) electrons. The van der Waals surface area contributed by atoms with Crippen LogP contribution in [0.1, 0.15) is 20.3 Å². The summed E-state index contributed by atoms with van der Waals surface area (Å²) in [6.07, 6.45) is 0.663. The Bertz CT molecular complexity index is 390. The molecule has 20 heavy (non-hydrogen) atoms. The van der Waals surface area contributed by atoms with Gasteiger partial charge in [-0.2, -0.15) is 0 Å². The Balaban J connectivity index is 2.89. The molecule has 1 heterocycles. The molecule has 0 aliphatic carbocycles. The largest absolute Gasteiger partial charge is 0.480 e. The minimum atomic E-state index is -1.02. The molecule has 0 aromatic heterocycles. The van der Waals surface area contributed by atoms with Crippen LogP contribution in [0.3, 0.4) is 0 Å². The van der Waals surface area contributed by atoms with Crippen LogP contribution < -0.4 is 0 Å². The predicted molar refractivity (Wildman–Crippen MR) is 74.5 cm³/mol. The van der Waals surface area contributed by atoms with Gasteiger partial charge in [0.2, 0.25) is 0 Å². The summed E-state index contributed by atoms with van der Waals surface area (Å²) < 4.78 is 4.55. The summed E-state index contributed by atoms with van der Waals surface area (Å²) in [7, 11) is 1.25. The summed E-state index contributed by atoms with van der Waals surface area (Å²) in [5.74, 6) is -1.17. The second-order valence-corrected chi connectivity index (χ2v) is 5.54. The van der Waals surface area contributed by atoms with E-state index in [9.17, 15) is 19.5 Å². The predicted octanol–water partition coefficient (Wildman–Crippen LogP) is 0.839. The van der Waals surface area contributed by atoms with Crippen LogP contribution in [0.2, 0.25) is 0 Å². The number of rotatable bonds is 5. The van der Waals surface area contributed by atoms with E-state index in [0.717, 1.165) is 0 Å². The molecule has 1 N–H and O–H groups in total. The van der Waals surface area contributed by atoms with Crippen LogP contribution in [-0.4, -0.2) is 70.2 Å². The van der Waals surface area contributed by atoms with E-state index < -0.39 is 24.0 Å². The average molecular weight is 304 g/mol. The first-order valence-electron chi connectivity index (χ1n) is 6.44. The molecule has 1 fully saturated rings. The van der Waals surface area contributed by atoms with E-state index in [0.29, 0.717) is 18.7 Å². The Labute approximate surface area is 122 Å². The number of hydrogen-bond acceptors (Lipinski definition) is 5. The molecule has 114 valence electrons. The van der Waals surface area contributed by atoms with Gasteiger partial charge >= 0.3 is 18.0 Å². The number of nitrogens with zero attached hydrogens (tertiary/aromatic N) is 2. The van der Waals surface area contributed by atoms with Gasteiger partial charge in [0.05, 0.1) is 12.5 Å². The maximum atomic E-state index is 12.5. The number of carboxylic acid groups (broad SMARTS) is 1. The van der Waals surface area contributed by atoms with Crippen LogP contribution in [0.5, 0.6) is 0 Å². The molecule has 8 heteroatoms. The van der Waals surface area contributed by atoms with E-state index in [-0.39, 0.29) is 11.9 Å². The Hall–Kier alpha value is -1.44. The summed E-state index contributed by atoms with van der Waals surface area (Å²) in [5, 5.41) is 9.04. The van der Waals surface area contributed by atoms with E-state index >= 15 is 0 Å². The van der Waals surface area contributed by atoms with Crippen LogP contribution in [0, 0.1) is 0 Å². The molecule has 1 rings (SSSR count). The van der Waals surface area contributed by atoms with Crippen LogP contribution >= 0.6 is 11.8 Å². The van der Waals surface area contributed by atoms with E-state index in [4.69, 9.17) is 0 Å². The molecule has 0 bridgehead atoms. The lowest BCUT2D eigenvalue weighted by atomic mass is 10.2. The number of carbonyl (C=O) groups excluding carboxylic acids is 2. The van der Waals surface area contributed by atoms with Gasteiger partial charge in [-0.1, -0.05) is 6.92 Å². The van der Waals surface area contributed by atoms with Gasteiger partial charge in [0.15, 0.2) is 0 Å². The van der Waals surface area contributed by atoms with Gasteiger partial charge in [0, 0.05) is 12.3 Å². The van der Waals surface area contributed by atoms with E-state index in [1.54, 1.807) is 6.92 Å². The third-order valence-corrected chi connectivity index (χ3v) is 4.60. The van der Waals surface area contributed by atoms with Crippen molar-refractivity contribution in [3.8, 4) is 0 Å². The first-order chi connectivity index (χ1) is 9.46. The van der Waals surface area contributed by atoms with Crippen molar-refractivity contribution in [2.24, 2.45) is 0 Å². The summed E-state index contributed by atoms with van der Waals surface area (Å²) in [6, 6.07) is -1.27. The van der Waals surface area contributed by atoms with Gasteiger partial charge < -0.3 is 14.7 Å². The molecular weight excluding hydrogens is 284 g/mol. The second kappa shape index (κ2) is 7.37. The van der Waals surface area contributed by atoms with E-state index in [2.05, 4.69) is 4.74 Å². The molecule has 0 aromatic carbocycles. The lowest BCUT2D eigenvalue weighted by Gasteiger charge is -2.32. The van der Waals surface area contributed by atoms with Crippen molar-refractivity contribution >= 4 is 29.7 Å². The first kappa shape index (κ1) is 16.6. The number of methoxy groups -OCH3 is 1. The van der Waals surface area contributed by atoms with Crippen LogP contribution in [0.4, 0.5) is 4.79 Å². The highest BCUT2D eigenvalue weighted by Gasteiger charge is 2.42.